The topological polar surface area (TPSA) is 82.6 Å². The van der Waals surface area contributed by atoms with E-state index in [1.54, 1.807) is 12.1 Å². The number of nitrogens with one attached hydrogen (secondary N) is 2. The molecule has 3 heterocycles. The summed E-state index contributed by atoms with van der Waals surface area (Å²) in [5, 5.41) is 8.03. The van der Waals surface area contributed by atoms with Gasteiger partial charge in [0, 0.05) is 42.3 Å². The molecule has 1 saturated heterocycles. The van der Waals surface area contributed by atoms with Gasteiger partial charge in [0.1, 0.15) is 10.4 Å². The van der Waals surface area contributed by atoms with Gasteiger partial charge in [-0.15, -0.1) is 11.3 Å². The van der Waals surface area contributed by atoms with Crippen LogP contribution in [-0.4, -0.2) is 54.0 Å². The van der Waals surface area contributed by atoms with Crippen molar-refractivity contribution in [3.8, 4) is 11.6 Å². The highest BCUT2D eigenvalue weighted by Gasteiger charge is 2.20. The molecule has 1 aliphatic heterocycles. The van der Waals surface area contributed by atoms with E-state index in [2.05, 4.69) is 75.3 Å². The lowest BCUT2D eigenvalue weighted by atomic mass is 10.0. The van der Waals surface area contributed by atoms with Gasteiger partial charge in [0.2, 0.25) is 17.7 Å². The molecule has 190 valence electrons. The molecule has 37 heavy (non-hydrogen) atoms. The molecule has 0 atom stereocenters. The third-order valence-electron chi connectivity index (χ3n) is 6.46. The number of piperidine rings is 1. The molecule has 2 N–H and O–H groups in total. The van der Waals surface area contributed by atoms with Crippen LogP contribution in [0.1, 0.15) is 12.8 Å². The predicted octanol–water partition coefficient (Wildman–Crippen LogP) is 5.88. The first-order valence-electron chi connectivity index (χ1n) is 12.2. The number of anilines is 4. The second-order valence-corrected chi connectivity index (χ2v) is 10.1. The molecule has 1 fully saturated rings. The number of rotatable bonds is 8. The lowest BCUT2D eigenvalue weighted by Gasteiger charge is -2.36. The number of thiophene rings is 1. The molecule has 2 aromatic carbocycles. The van der Waals surface area contributed by atoms with E-state index in [0.29, 0.717) is 29.3 Å². The zero-order chi connectivity index (χ0) is 25.8. The van der Waals surface area contributed by atoms with Crippen LogP contribution in [0.5, 0.6) is 11.6 Å². The Hall–Kier alpha value is -3.95. The summed E-state index contributed by atoms with van der Waals surface area (Å²) in [6.45, 7) is 5.61. The summed E-state index contributed by atoms with van der Waals surface area (Å²) >= 11 is 1.52. The van der Waals surface area contributed by atoms with Gasteiger partial charge in [0.15, 0.2) is 0 Å². The highest BCUT2D eigenvalue weighted by molar-refractivity contribution is 7.17. The number of nitrogens with zero attached hydrogens (tertiary/aromatic N) is 4. The minimum atomic E-state index is -0.282. The van der Waals surface area contributed by atoms with Crippen LogP contribution in [0.25, 0.3) is 10.2 Å². The smallest absolute Gasteiger partial charge is 0.247 e. The maximum absolute atomic E-state index is 11.7. The van der Waals surface area contributed by atoms with E-state index in [4.69, 9.17) is 4.74 Å². The molecule has 2 aromatic heterocycles. The second kappa shape index (κ2) is 11.0. The lowest BCUT2D eigenvalue weighted by Crippen LogP contribution is -2.41. The summed E-state index contributed by atoms with van der Waals surface area (Å²) < 4.78 is 6.99. The molecule has 0 bridgehead atoms. The summed E-state index contributed by atoms with van der Waals surface area (Å²) in [6.07, 6.45) is 3.58. The zero-order valence-electron chi connectivity index (χ0n) is 21.0. The Bertz CT molecular complexity index is 1390. The van der Waals surface area contributed by atoms with E-state index in [1.807, 2.05) is 23.6 Å². The van der Waals surface area contributed by atoms with Crippen LogP contribution < -0.4 is 20.3 Å². The summed E-state index contributed by atoms with van der Waals surface area (Å²) in [4.78, 5) is 25.7. The maximum atomic E-state index is 11.7. The first-order valence-corrected chi connectivity index (χ1v) is 13.1. The highest BCUT2D eigenvalue weighted by Crippen LogP contribution is 2.34. The van der Waals surface area contributed by atoms with E-state index in [-0.39, 0.29) is 5.91 Å². The van der Waals surface area contributed by atoms with Crippen LogP contribution >= 0.6 is 11.3 Å². The molecule has 8 nitrogen and oxygen atoms in total. The number of aromatic nitrogens is 2. The number of carbonyl (C=O) groups is 1. The zero-order valence-corrected chi connectivity index (χ0v) is 21.8. The van der Waals surface area contributed by atoms with E-state index in [9.17, 15) is 4.79 Å². The molecule has 1 amide bonds. The normalized spacial score (nSPS) is 14.1. The maximum Gasteiger partial charge on any atom is 0.247 e. The Morgan fingerprint density at radius 2 is 1.89 bits per heavy atom. The highest BCUT2D eigenvalue weighted by atomic mass is 32.1. The van der Waals surface area contributed by atoms with Crippen LogP contribution in [-0.2, 0) is 4.79 Å². The van der Waals surface area contributed by atoms with Gasteiger partial charge in [0.05, 0.1) is 5.52 Å². The standard InChI is InChI=1S/C28H30N6O2S/c1-4-25(35)29-20-6-5-7-23(18-20)36-27-26-24(14-17-37-26)31-28(32-27)30-19-8-10-22(11-9-19)34-15-12-21(13-16-34)33(2)3/h4-11,14,17-18,21H,1,12-13,15-16H2,2-3H3,(H,29,35)(H,30,31,32). The average Bonchev–Trinajstić information content (AvgIpc) is 3.38. The molecular formula is C28H30N6O2S. The molecule has 1 aliphatic rings. The Labute approximate surface area is 220 Å². The summed E-state index contributed by atoms with van der Waals surface area (Å²) in [5.41, 5.74) is 3.54. The van der Waals surface area contributed by atoms with Gasteiger partial charge in [0.25, 0.3) is 0 Å². The molecule has 9 heteroatoms. The summed E-state index contributed by atoms with van der Waals surface area (Å²) in [7, 11) is 4.32. The Balaban J connectivity index is 1.31. The van der Waals surface area contributed by atoms with Gasteiger partial charge in [-0.2, -0.15) is 4.98 Å². The van der Waals surface area contributed by atoms with Crippen LogP contribution in [0.15, 0.2) is 72.6 Å². The van der Waals surface area contributed by atoms with Crippen molar-refractivity contribution in [3.05, 3.63) is 72.6 Å². The van der Waals surface area contributed by atoms with Gasteiger partial charge >= 0.3 is 0 Å². The molecule has 5 rings (SSSR count). The minimum absolute atomic E-state index is 0.282. The van der Waals surface area contributed by atoms with Crippen molar-refractivity contribution >= 4 is 50.5 Å². The quantitative estimate of drug-likeness (QED) is 0.284. The van der Waals surface area contributed by atoms with Crippen molar-refractivity contribution in [3.63, 3.8) is 0 Å². The fraction of sp³-hybridized carbons (Fsp3) is 0.250. The molecule has 0 aliphatic carbocycles. The molecule has 0 unspecified atom stereocenters. The second-order valence-electron chi connectivity index (χ2n) is 9.16. The van der Waals surface area contributed by atoms with Crippen molar-refractivity contribution in [1.82, 2.24) is 14.9 Å². The monoisotopic (exact) mass is 514 g/mol. The summed E-state index contributed by atoms with van der Waals surface area (Å²) in [6, 6.07) is 18.2. The molecule has 4 aromatic rings. The fourth-order valence-corrected chi connectivity index (χ4v) is 5.18. The first kappa shape index (κ1) is 24.7. The van der Waals surface area contributed by atoms with Crippen LogP contribution in [0.4, 0.5) is 23.0 Å². The van der Waals surface area contributed by atoms with Crippen LogP contribution in [0, 0.1) is 0 Å². The largest absolute Gasteiger partial charge is 0.437 e. The van der Waals surface area contributed by atoms with Gasteiger partial charge in [-0.3, -0.25) is 4.79 Å². The molecule has 0 saturated carbocycles. The number of hydrogen-bond acceptors (Lipinski definition) is 8. The van der Waals surface area contributed by atoms with Gasteiger partial charge in [-0.1, -0.05) is 12.6 Å². The van der Waals surface area contributed by atoms with Gasteiger partial charge in [-0.05, 0) is 80.9 Å². The number of fused-ring (bicyclic) bond motifs is 1. The number of carbonyl (C=O) groups excluding carboxylic acids is 1. The molecule has 0 spiro atoms. The van der Waals surface area contributed by atoms with Crippen molar-refractivity contribution in [2.24, 2.45) is 0 Å². The number of hydrogen-bond donors (Lipinski definition) is 2. The van der Waals surface area contributed by atoms with E-state index < -0.39 is 0 Å². The van der Waals surface area contributed by atoms with Crippen LogP contribution in [0.3, 0.4) is 0 Å². The van der Waals surface area contributed by atoms with E-state index in [1.165, 1.54) is 35.9 Å². The van der Waals surface area contributed by atoms with Crippen molar-refractivity contribution in [1.29, 1.82) is 0 Å². The molecule has 0 radical (unpaired) electrons. The third kappa shape index (κ3) is 5.90. The Kier molecular flexibility index (Phi) is 7.34. The van der Waals surface area contributed by atoms with Gasteiger partial charge < -0.3 is 25.2 Å². The van der Waals surface area contributed by atoms with Crippen LogP contribution in [0.2, 0.25) is 0 Å². The van der Waals surface area contributed by atoms with Crippen molar-refractivity contribution in [2.45, 2.75) is 18.9 Å². The van der Waals surface area contributed by atoms with E-state index in [0.717, 1.165) is 29.0 Å². The van der Waals surface area contributed by atoms with E-state index >= 15 is 0 Å². The Morgan fingerprint density at radius 3 is 2.62 bits per heavy atom. The fourth-order valence-electron chi connectivity index (χ4n) is 4.43. The third-order valence-corrected chi connectivity index (χ3v) is 7.35. The predicted molar refractivity (Wildman–Crippen MR) is 151 cm³/mol. The first-order chi connectivity index (χ1) is 18.0. The molecular weight excluding hydrogens is 484 g/mol. The Morgan fingerprint density at radius 1 is 1.11 bits per heavy atom. The number of benzene rings is 2. The summed E-state index contributed by atoms with van der Waals surface area (Å²) in [5.74, 6) is 1.19. The number of amides is 1. The lowest BCUT2D eigenvalue weighted by molar-refractivity contribution is -0.111. The van der Waals surface area contributed by atoms with Gasteiger partial charge in [-0.25, -0.2) is 4.98 Å². The average molecular weight is 515 g/mol. The SMILES string of the molecule is C=CC(=O)Nc1cccc(Oc2nc(Nc3ccc(N4CCC(N(C)C)CC4)cc3)nc3ccsc23)c1. The van der Waals surface area contributed by atoms with Crippen molar-refractivity contribution < 1.29 is 9.53 Å². The van der Waals surface area contributed by atoms with Crippen molar-refractivity contribution in [2.75, 3.05) is 42.7 Å². The minimum Gasteiger partial charge on any atom is -0.437 e. The number of ether oxygens (including phenoxy) is 1.